The van der Waals surface area contributed by atoms with Gasteiger partial charge in [0.1, 0.15) is 11.5 Å². The van der Waals surface area contributed by atoms with Gasteiger partial charge in [-0.3, -0.25) is 4.79 Å². The highest BCUT2D eigenvalue weighted by molar-refractivity contribution is 9.10. The van der Waals surface area contributed by atoms with E-state index in [2.05, 4.69) is 37.2 Å². The molecule has 0 spiro atoms. The molecule has 1 aromatic heterocycles. The molecule has 19 heavy (non-hydrogen) atoms. The molecule has 0 unspecified atom stereocenters. The van der Waals surface area contributed by atoms with E-state index >= 15 is 0 Å². The second-order valence-electron chi connectivity index (χ2n) is 3.91. The summed E-state index contributed by atoms with van der Waals surface area (Å²) in [4.78, 5) is 12.2. The summed E-state index contributed by atoms with van der Waals surface area (Å²) < 4.78 is 16.2. The van der Waals surface area contributed by atoms with E-state index in [0.717, 1.165) is 4.47 Å². The molecule has 0 aliphatic rings. The molecular weight excluding hydrogens is 379 g/mol. The van der Waals surface area contributed by atoms with Crippen LogP contribution < -0.4 is 5.32 Å². The van der Waals surface area contributed by atoms with Crippen LogP contribution in [0.1, 0.15) is 17.4 Å². The number of hydrogen-bond donors (Lipinski definition) is 1. The fourth-order valence-corrected chi connectivity index (χ4v) is 2.62. The standard InChI is InChI=1S/C13H11Br2FN2O/c1-2-18-7-8(14)5-12(18)13(19)17-11-4-3-9(16)6-10(11)15/h3-7H,2H2,1H3,(H,17,19). The van der Waals surface area contributed by atoms with Gasteiger partial charge in [0.05, 0.1) is 5.69 Å². The van der Waals surface area contributed by atoms with Crippen molar-refractivity contribution in [3.8, 4) is 0 Å². The highest BCUT2D eigenvalue weighted by atomic mass is 79.9. The fraction of sp³-hybridized carbons (Fsp3) is 0.154. The minimum absolute atomic E-state index is 0.236. The van der Waals surface area contributed by atoms with Crippen molar-refractivity contribution in [1.82, 2.24) is 4.57 Å². The number of anilines is 1. The molecule has 1 amide bonds. The van der Waals surface area contributed by atoms with Gasteiger partial charge in [-0.15, -0.1) is 0 Å². The van der Waals surface area contributed by atoms with Crippen molar-refractivity contribution in [3.05, 3.63) is 50.9 Å². The van der Waals surface area contributed by atoms with Gasteiger partial charge in [0.25, 0.3) is 5.91 Å². The number of benzene rings is 1. The second-order valence-corrected chi connectivity index (χ2v) is 5.68. The Morgan fingerprint density at radius 2 is 2.11 bits per heavy atom. The number of nitrogens with zero attached hydrogens (tertiary/aromatic N) is 1. The molecule has 0 radical (unpaired) electrons. The number of aromatic nitrogens is 1. The maximum Gasteiger partial charge on any atom is 0.272 e. The summed E-state index contributed by atoms with van der Waals surface area (Å²) in [6, 6.07) is 5.88. The number of halogens is 3. The molecule has 3 nitrogen and oxygen atoms in total. The third-order valence-electron chi connectivity index (χ3n) is 2.62. The van der Waals surface area contributed by atoms with Crippen molar-refractivity contribution in [3.63, 3.8) is 0 Å². The van der Waals surface area contributed by atoms with E-state index in [1.807, 2.05) is 17.7 Å². The lowest BCUT2D eigenvalue weighted by molar-refractivity contribution is 0.101. The number of amides is 1. The van der Waals surface area contributed by atoms with Crippen LogP contribution in [0.25, 0.3) is 0 Å². The van der Waals surface area contributed by atoms with E-state index in [9.17, 15) is 9.18 Å². The molecule has 1 N–H and O–H groups in total. The molecule has 0 bridgehead atoms. The first kappa shape index (κ1) is 14.3. The van der Waals surface area contributed by atoms with Crippen molar-refractivity contribution in [2.75, 3.05) is 5.32 Å². The third kappa shape index (κ3) is 3.25. The van der Waals surface area contributed by atoms with Crippen LogP contribution in [-0.4, -0.2) is 10.5 Å². The van der Waals surface area contributed by atoms with E-state index in [1.54, 1.807) is 6.07 Å². The SMILES string of the molecule is CCn1cc(Br)cc1C(=O)Nc1ccc(F)cc1Br. The van der Waals surface area contributed by atoms with Gasteiger partial charge < -0.3 is 9.88 Å². The number of rotatable bonds is 3. The molecule has 0 atom stereocenters. The van der Waals surface area contributed by atoms with Crippen LogP contribution in [0.4, 0.5) is 10.1 Å². The molecule has 0 aliphatic carbocycles. The van der Waals surface area contributed by atoms with Crippen LogP contribution >= 0.6 is 31.9 Å². The maximum absolute atomic E-state index is 13.0. The minimum Gasteiger partial charge on any atom is -0.343 e. The predicted molar refractivity (Wildman–Crippen MR) is 79.9 cm³/mol. The Hall–Kier alpha value is -1.14. The molecule has 2 rings (SSSR count). The zero-order valence-electron chi connectivity index (χ0n) is 10.1. The highest BCUT2D eigenvalue weighted by Crippen LogP contribution is 2.24. The Balaban J connectivity index is 2.25. The second kappa shape index (κ2) is 5.88. The van der Waals surface area contributed by atoms with Crippen molar-refractivity contribution < 1.29 is 9.18 Å². The Labute approximate surface area is 127 Å². The van der Waals surface area contributed by atoms with Gasteiger partial charge in [-0.2, -0.15) is 0 Å². The van der Waals surface area contributed by atoms with Crippen LogP contribution in [0.5, 0.6) is 0 Å². The Morgan fingerprint density at radius 1 is 1.37 bits per heavy atom. The summed E-state index contributed by atoms with van der Waals surface area (Å²) in [5.41, 5.74) is 1.08. The Kier molecular flexibility index (Phi) is 4.42. The molecule has 0 fully saturated rings. The number of nitrogens with one attached hydrogen (secondary N) is 1. The molecule has 100 valence electrons. The first-order chi connectivity index (χ1) is 9.01. The normalized spacial score (nSPS) is 10.5. The average molecular weight is 390 g/mol. The fourth-order valence-electron chi connectivity index (χ4n) is 1.70. The first-order valence-electron chi connectivity index (χ1n) is 5.63. The van der Waals surface area contributed by atoms with E-state index < -0.39 is 0 Å². The summed E-state index contributed by atoms with van der Waals surface area (Å²) in [5, 5.41) is 2.75. The van der Waals surface area contributed by atoms with Gasteiger partial charge in [-0.25, -0.2) is 4.39 Å². The molecule has 1 heterocycles. The summed E-state index contributed by atoms with van der Waals surface area (Å²) in [6.45, 7) is 2.65. The average Bonchev–Trinajstić information content (AvgIpc) is 2.74. The monoisotopic (exact) mass is 388 g/mol. The van der Waals surface area contributed by atoms with Gasteiger partial charge in [0.15, 0.2) is 0 Å². The Bertz CT molecular complexity index is 625. The summed E-state index contributed by atoms with van der Waals surface area (Å²) in [6.07, 6.45) is 1.84. The molecule has 1 aromatic carbocycles. The van der Waals surface area contributed by atoms with Crippen LogP contribution in [0.15, 0.2) is 39.4 Å². The predicted octanol–water partition coefficient (Wildman–Crippen LogP) is 4.42. The largest absolute Gasteiger partial charge is 0.343 e. The van der Waals surface area contributed by atoms with Crippen LogP contribution in [-0.2, 0) is 6.54 Å². The minimum atomic E-state index is -0.357. The lowest BCUT2D eigenvalue weighted by atomic mass is 10.3. The Morgan fingerprint density at radius 3 is 2.74 bits per heavy atom. The lowest BCUT2D eigenvalue weighted by Gasteiger charge is -2.09. The maximum atomic E-state index is 13.0. The van der Waals surface area contributed by atoms with Gasteiger partial charge in [-0.1, -0.05) is 0 Å². The molecule has 2 aromatic rings. The van der Waals surface area contributed by atoms with Crippen LogP contribution in [0.2, 0.25) is 0 Å². The zero-order valence-corrected chi connectivity index (χ0v) is 13.3. The number of aryl methyl sites for hydroxylation is 1. The van der Waals surface area contributed by atoms with Crippen LogP contribution in [0.3, 0.4) is 0 Å². The topological polar surface area (TPSA) is 34.0 Å². The van der Waals surface area contributed by atoms with Crippen molar-refractivity contribution in [1.29, 1.82) is 0 Å². The van der Waals surface area contributed by atoms with Crippen molar-refractivity contribution >= 4 is 43.5 Å². The summed E-state index contributed by atoms with van der Waals surface area (Å²) in [5.74, 6) is -0.593. The summed E-state index contributed by atoms with van der Waals surface area (Å²) in [7, 11) is 0. The van der Waals surface area contributed by atoms with Gasteiger partial charge in [-0.05, 0) is 63.0 Å². The van der Waals surface area contributed by atoms with Gasteiger partial charge in [0.2, 0.25) is 0 Å². The van der Waals surface area contributed by atoms with Crippen LogP contribution in [0, 0.1) is 5.82 Å². The smallest absolute Gasteiger partial charge is 0.272 e. The van der Waals surface area contributed by atoms with E-state index in [1.165, 1.54) is 18.2 Å². The van der Waals surface area contributed by atoms with Crippen molar-refractivity contribution in [2.24, 2.45) is 0 Å². The van der Waals surface area contributed by atoms with E-state index in [4.69, 9.17) is 0 Å². The van der Waals surface area contributed by atoms with E-state index in [0.29, 0.717) is 22.4 Å². The number of hydrogen-bond acceptors (Lipinski definition) is 1. The molecule has 0 saturated carbocycles. The van der Waals surface area contributed by atoms with Crippen molar-refractivity contribution in [2.45, 2.75) is 13.5 Å². The van der Waals surface area contributed by atoms with Gasteiger partial charge >= 0.3 is 0 Å². The molecule has 6 heteroatoms. The zero-order chi connectivity index (χ0) is 14.0. The lowest BCUT2D eigenvalue weighted by Crippen LogP contribution is -2.16. The third-order valence-corrected chi connectivity index (χ3v) is 3.71. The first-order valence-corrected chi connectivity index (χ1v) is 7.22. The highest BCUT2D eigenvalue weighted by Gasteiger charge is 2.13. The summed E-state index contributed by atoms with van der Waals surface area (Å²) >= 11 is 6.56. The number of carbonyl (C=O) groups excluding carboxylic acids is 1. The number of carbonyl (C=O) groups is 1. The quantitative estimate of drug-likeness (QED) is 0.827. The molecule has 0 aliphatic heterocycles. The van der Waals surface area contributed by atoms with Gasteiger partial charge in [0, 0.05) is 21.7 Å². The molecular formula is C13H11Br2FN2O. The molecule has 0 saturated heterocycles. The van der Waals surface area contributed by atoms with E-state index in [-0.39, 0.29) is 11.7 Å².